The van der Waals surface area contributed by atoms with Crippen LogP contribution >= 0.6 is 0 Å². The summed E-state index contributed by atoms with van der Waals surface area (Å²) in [5, 5.41) is 104. The molecule has 0 aromatic heterocycles. The molecule has 12 nitrogen and oxygen atoms in total. The number of phenols is 8. The lowest BCUT2D eigenvalue weighted by Gasteiger charge is -2.35. The second kappa shape index (κ2) is 9.72. The zero-order valence-corrected chi connectivity index (χ0v) is 21.6. The smallest absolute Gasteiger partial charge is 0.200 e. The zero-order chi connectivity index (χ0) is 30.0. The first-order valence-corrected chi connectivity index (χ1v) is 12.8. The number of aliphatic hydroxyl groups is 2. The Kier molecular flexibility index (Phi) is 6.24. The predicted octanol–water partition coefficient (Wildman–Crippen LogP) is 3.07. The first kappa shape index (κ1) is 27.0. The van der Waals surface area contributed by atoms with Gasteiger partial charge in [-0.25, -0.2) is 0 Å². The average molecular weight is 579 g/mol. The number of aliphatic hydroxyl groups excluding tert-OH is 2. The second-order valence-corrected chi connectivity index (χ2v) is 10.3. The van der Waals surface area contributed by atoms with Gasteiger partial charge in [-0.15, -0.1) is 0 Å². The van der Waals surface area contributed by atoms with E-state index in [1.54, 1.807) is 0 Å². The Morgan fingerprint density at radius 1 is 0.500 bits per heavy atom. The summed E-state index contributed by atoms with van der Waals surface area (Å²) in [6.45, 7) is 0. The van der Waals surface area contributed by atoms with E-state index in [9.17, 15) is 51.1 Å². The molecule has 4 aromatic carbocycles. The second-order valence-electron chi connectivity index (χ2n) is 10.3. The van der Waals surface area contributed by atoms with Crippen molar-refractivity contribution in [3.05, 3.63) is 70.8 Å². The lowest BCUT2D eigenvalue weighted by atomic mass is 9.85. The number of rotatable bonds is 3. The van der Waals surface area contributed by atoms with E-state index in [0.29, 0.717) is 0 Å². The molecule has 0 unspecified atom stereocenters. The normalized spacial score (nSPS) is 21.1. The lowest BCUT2D eigenvalue weighted by Crippen LogP contribution is -2.31. The van der Waals surface area contributed by atoms with Crippen molar-refractivity contribution in [1.82, 2.24) is 0 Å². The molecule has 2 heterocycles. The van der Waals surface area contributed by atoms with Gasteiger partial charge in [0.1, 0.15) is 23.4 Å². The van der Waals surface area contributed by atoms with Crippen LogP contribution in [0.2, 0.25) is 0 Å². The topological polar surface area (TPSA) is 221 Å². The van der Waals surface area contributed by atoms with Crippen molar-refractivity contribution in [3.63, 3.8) is 0 Å². The van der Waals surface area contributed by atoms with Gasteiger partial charge < -0.3 is 60.5 Å². The molecular formula is C30H26O12. The Labute approximate surface area is 237 Å². The average Bonchev–Trinajstić information content (AvgIpc) is 2.94. The Morgan fingerprint density at radius 3 is 1.57 bits per heavy atom. The van der Waals surface area contributed by atoms with Crippen molar-refractivity contribution in [3.8, 4) is 68.6 Å². The molecule has 0 saturated carbocycles. The van der Waals surface area contributed by atoms with Crippen molar-refractivity contribution in [2.24, 2.45) is 0 Å². The number of ether oxygens (including phenoxy) is 2. The van der Waals surface area contributed by atoms with Gasteiger partial charge >= 0.3 is 0 Å². The van der Waals surface area contributed by atoms with Crippen LogP contribution < -0.4 is 9.47 Å². The van der Waals surface area contributed by atoms with Gasteiger partial charge in [0.25, 0.3) is 0 Å². The first-order chi connectivity index (χ1) is 19.9. The first-order valence-electron chi connectivity index (χ1n) is 12.8. The molecule has 0 spiro atoms. The van der Waals surface area contributed by atoms with E-state index in [1.807, 2.05) is 0 Å². The van der Waals surface area contributed by atoms with Gasteiger partial charge in [-0.3, -0.25) is 0 Å². The van der Waals surface area contributed by atoms with Crippen LogP contribution in [0.5, 0.6) is 57.5 Å². The molecule has 0 fully saturated rings. The van der Waals surface area contributed by atoms with E-state index in [4.69, 9.17) is 9.47 Å². The third-order valence-corrected chi connectivity index (χ3v) is 7.62. The molecule has 218 valence electrons. The highest BCUT2D eigenvalue weighted by atomic mass is 16.5. The molecule has 4 aromatic rings. The van der Waals surface area contributed by atoms with Gasteiger partial charge in [0, 0.05) is 35.6 Å². The third kappa shape index (κ3) is 4.24. The molecule has 0 amide bonds. The monoisotopic (exact) mass is 578 g/mol. The summed E-state index contributed by atoms with van der Waals surface area (Å²) in [4.78, 5) is 0. The Morgan fingerprint density at radius 2 is 1.02 bits per heavy atom. The quantitative estimate of drug-likeness (QED) is 0.159. The van der Waals surface area contributed by atoms with E-state index in [0.717, 1.165) is 12.1 Å². The van der Waals surface area contributed by atoms with Crippen LogP contribution in [-0.2, 0) is 12.8 Å². The zero-order valence-electron chi connectivity index (χ0n) is 21.6. The third-order valence-electron chi connectivity index (χ3n) is 7.62. The molecular weight excluding hydrogens is 552 g/mol. The van der Waals surface area contributed by atoms with Crippen LogP contribution in [0, 0.1) is 0 Å². The molecule has 0 aliphatic carbocycles. The summed E-state index contributed by atoms with van der Waals surface area (Å²) < 4.78 is 12.0. The summed E-state index contributed by atoms with van der Waals surface area (Å²) >= 11 is 0. The van der Waals surface area contributed by atoms with Gasteiger partial charge in [-0.05, 0) is 41.5 Å². The van der Waals surface area contributed by atoms with E-state index >= 15 is 0 Å². The highest BCUT2D eigenvalue weighted by Crippen LogP contribution is 2.56. The molecule has 0 bridgehead atoms. The minimum Gasteiger partial charge on any atom is -0.507 e. The maximum Gasteiger partial charge on any atom is 0.200 e. The predicted molar refractivity (Wildman–Crippen MR) is 144 cm³/mol. The Balaban J connectivity index is 1.50. The highest BCUT2D eigenvalue weighted by Gasteiger charge is 2.39. The van der Waals surface area contributed by atoms with Crippen molar-refractivity contribution in [1.29, 1.82) is 0 Å². The fraction of sp³-hybridized carbons (Fsp3) is 0.200. The molecule has 10 N–H and O–H groups in total. The molecule has 4 atom stereocenters. The van der Waals surface area contributed by atoms with Crippen LogP contribution in [0.3, 0.4) is 0 Å². The van der Waals surface area contributed by atoms with Gasteiger partial charge in [-0.2, -0.15) is 0 Å². The molecule has 0 radical (unpaired) electrons. The minimum absolute atomic E-state index is 0.0363. The maximum atomic E-state index is 11.1. The summed E-state index contributed by atoms with van der Waals surface area (Å²) in [5.74, 6) is -4.09. The van der Waals surface area contributed by atoms with E-state index in [2.05, 4.69) is 0 Å². The fourth-order valence-corrected chi connectivity index (χ4v) is 5.54. The van der Waals surface area contributed by atoms with Crippen molar-refractivity contribution in [2.75, 3.05) is 0 Å². The van der Waals surface area contributed by atoms with E-state index in [1.165, 1.54) is 36.4 Å². The number of fused-ring (bicyclic) bond motifs is 2. The van der Waals surface area contributed by atoms with Crippen LogP contribution in [0.15, 0.2) is 48.5 Å². The van der Waals surface area contributed by atoms with Crippen molar-refractivity contribution < 1.29 is 60.5 Å². The van der Waals surface area contributed by atoms with E-state index in [-0.39, 0.29) is 75.0 Å². The lowest BCUT2D eigenvalue weighted by molar-refractivity contribution is 0.0183. The van der Waals surface area contributed by atoms with Crippen LogP contribution in [0.4, 0.5) is 0 Å². The van der Waals surface area contributed by atoms with Gasteiger partial charge in [-0.1, -0.05) is 12.1 Å². The number of benzene rings is 4. The number of phenolic OH excluding ortho intramolecular Hbond substituents is 8. The molecule has 12 heteroatoms. The molecule has 6 rings (SSSR count). The van der Waals surface area contributed by atoms with Crippen molar-refractivity contribution in [2.45, 2.75) is 37.3 Å². The Bertz CT molecular complexity index is 1730. The molecule has 2 aliphatic heterocycles. The fourth-order valence-electron chi connectivity index (χ4n) is 5.54. The van der Waals surface area contributed by atoms with Crippen LogP contribution in [-0.4, -0.2) is 63.3 Å². The maximum absolute atomic E-state index is 11.1. The summed E-state index contributed by atoms with van der Waals surface area (Å²) in [6, 6.07) is 9.84. The number of aromatic hydroxyl groups is 8. The Hall–Kier alpha value is -5.20. The summed E-state index contributed by atoms with van der Waals surface area (Å²) in [7, 11) is 0. The van der Waals surface area contributed by atoms with Gasteiger partial charge in [0.15, 0.2) is 40.6 Å². The minimum atomic E-state index is -1.25. The number of hydrogen-bond donors (Lipinski definition) is 10. The van der Waals surface area contributed by atoms with E-state index < -0.39 is 53.2 Å². The van der Waals surface area contributed by atoms with Crippen molar-refractivity contribution >= 4 is 0 Å². The van der Waals surface area contributed by atoms with Crippen LogP contribution in [0.1, 0.15) is 34.5 Å². The summed E-state index contributed by atoms with van der Waals surface area (Å²) in [6.07, 6.45) is -5.01. The molecule has 42 heavy (non-hydrogen) atoms. The molecule has 2 aliphatic rings. The van der Waals surface area contributed by atoms with Gasteiger partial charge in [0.2, 0.25) is 5.75 Å². The molecule has 0 saturated heterocycles. The van der Waals surface area contributed by atoms with Crippen LogP contribution in [0.25, 0.3) is 11.1 Å². The number of hydrogen-bond acceptors (Lipinski definition) is 12. The highest BCUT2D eigenvalue weighted by molar-refractivity contribution is 5.86. The SMILES string of the molecule is Oc1ccc([C@H]2Oc3c(O)c(O)cc(-c4c(O)cc(O)c5c4O[C@H](c4ccc(O)c(O)c4)[C@@H](O)C5)c3C[C@@H]2O)cc1O. The standard InChI is InChI=1S/C30H26O12/c31-16-3-1-11(5-19(16)34)27-24(39)9-15-18(33)10-21(36)25(29(15)41-27)13-7-22(37)26(40)30-14(13)8-23(38)28(42-30)12-2-4-17(32)20(35)6-12/h1-7,10,23-24,27-28,31-40H,8-9H2/t23-,24-,27+,28+/m0/s1. The largest absolute Gasteiger partial charge is 0.507 e. The summed E-state index contributed by atoms with van der Waals surface area (Å²) in [5.41, 5.74) is 0.912. The van der Waals surface area contributed by atoms with Gasteiger partial charge in [0.05, 0.1) is 17.8 Å².